The van der Waals surface area contributed by atoms with Crippen molar-refractivity contribution in [1.82, 2.24) is 29.7 Å². The molecule has 4 aromatic rings. The number of hydrogen-bond donors (Lipinski definition) is 2. The molecule has 40 heavy (non-hydrogen) atoms. The molecular weight excluding hydrogens is 542 g/mol. The van der Waals surface area contributed by atoms with Gasteiger partial charge in [-0.15, -0.1) is 10.2 Å². The zero-order valence-corrected chi connectivity index (χ0v) is 23.5. The fraction of sp³-hybridized carbons (Fsp3) is 0.320. The Morgan fingerprint density at radius 2 is 1.60 bits per heavy atom. The first-order chi connectivity index (χ1) is 19.1. The van der Waals surface area contributed by atoms with Crippen LogP contribution in [0.2, 0.25) is 0 Å². The van der Waals surface area contributed by atoms with E-state index in [1.165, 1.54) is 46.1 Å². The van der Waals surface area contributed by atoms with E-state index >= 15 is 0 Å². The van der Waals surface area contributed by atoms with E-state index in [1.807, 2.05) is 0 Å². The van der Waals surface area contributed by atoms with Gasteiger partial charge >= 0.3 is 0 Å². The Bertz CT molecular complexity index is 1590. The Morgan fingerprint density at radius 3 is 2.23 bits per heavy atom. The first-order valence-corrected chi connectivity index (χ1v) is 13.4. The number of methoxy groups -OCH3 is 4. The number of hydrogen-bond acceptors (Lipinski definition) is 12. The zero-order chi connectivity index (χ0) is 29.0. The van der Waals surface area contributed by atoms with Crippen LogP contribution in [0, 0.1) is 6.92 Å². The van der Waals surface area contributed by atoms with Crippen LogP contribution in [-0.2, 0) is 10.0 Å². The molecule has 0 bridgehead atoms. The molecule has 2 N–H and O–H groups in total. The summed E-state index contributed by atoms with van der Waals surface area (Å²) in [6.07, 6.45) is -0.177. The zero-order valence-electron chi connectivity index (χ0n) is 22.7. The maximum atomic E-state index is 13.6. The first kappa shape index (κ1) is 28.5. The molecule has 0 aliphatic rings. The Balaban J connectivity index is 1.84. The third-order valence-electron chi connectivity index (χ3n) is 5.98. The number of aryl methyl sites for hydroxylation is 1. The molecule has 1 aromatic carbocycles. The fourth-order valence-corrected chi connectivity index (χ4v) is 4.90. The molecular formula is C25H29N7O7S. The molecule has 0 saturated carbocycles. The van der Waals surface area contributed by atoms with Crippen LogP contribution < -0.4 is 23.7 Å². The van der Waals surface area contributed by atoms with Gasteiger partial charge in [0, 0.05) is 12.3 Å². The number of para-hydroxylation sites is 1. The van der Waals surface area contributed by atoms with Crippen LogP contribution in [0.4, 0.5) is 5.95 Å². The van der Waals surface area contributed by atoms with Gasteiger partial charge in [-0.25, -0.2) is 18.4 Å². The summed E-state index contributed by atoms with van der Waals surface area (Å²) in [5, 5.41) is 17.9. The smallest absolute Gasteiger partial charge is 0.243 e. The van der Waals surface area contributed by atoms with E-state index in [9.17, 15) is 13.5 Å². The average molecular weight is 572 g/mol. The molecule has 212 valence electrons. The second-order valence-corrected chi connectivity index (χ2v) is 10.5. The van der Waals surface area contributed by atoms with Crippen molar-refractivity contribution in [3.8, 4) is 40.5 Å². The van der Waals surface area contributed by atoms with Crippen LogP contribution in [0.15, 0.2) is 42.6 Å². The van der Waals surface area contributed by atoms with Crippen LogP contribution in [-0.4, -0.2) is 76.9 Å². The quantitative estimate of drug-likeness (QED) is 0.269. The van der Waals surface area contributed by atoms with E-state index in [2.05, 4.69) is 29.9 Å². The molecule has 3 heterocycles. The number of sulfonamides is 1. The maximum Gasteiger partial charge on any atom is 0.243 e. The molecule has 4 rings (SSSR count). The van der Waals surface area contributed by atoms with Crippen LogP contribution in [0.5, 0.6) is 23.3 Å². The minimum absolute atomic E-state index is 0.0165. The molecule has 0 saturated heterocycles. The van der Waals surface area contributed by atoms with E-state index in [0.717, 1.165) is 0 Å². The topological polar surface area (TPSA) is 173 Å². The summed E-state index contributed by atoms with van der Waals surface area (Å²) in [6, 6.07) is 10.1. The summed E-state index contributed by atoms with van der Waals surface area (Å²) < 4.78 is 52.6. The molecule has 0 unspecified atom stereocenters. The highest BCUT2D eigenvalue weighted by Gasteiger charge is 2.35. The second-order valence-electron chi connectivity index (χ2n) is 8.46. The molecule has 15 heteroatoms. The van der Waals surface area contributed by atoms with E-state index in [0.29, 0.717) is 34.5 Å². The highest BCUT2D eigenvalue weighted by molar-refractivity contribution is 7.93. The monoisotopic (exact) mass is 571 g/mol. The number of anilines is 1. The SMILES string of the molecule is COc1cccc(-c2nnc(NS(=O)(=O)[C@H](C)[C@H](O)c3ncc(C)nc3OC)n2-c2c(OC)cccc2OC)n1. The van der Waals surface area contributed by atoms with E-state index in [-0.39, 0.29) is 23.3 Å². The minimum Gasteiger partial charge on any atom is -0.494 e. The Kier molecular flexibility index (Phi) is 8.35. The summed E-state index contributed by atoms with van der Waals surface area (Å²) >= 11 is 0. The van der Waals surface area contributed by atoms with Crippen molar-refractivity contribution in [1.29, 1.82) is 0 Å². The van der Waals surface area contributed by atoms with Crippen molar-refractivity contribution in [2.75, 3.05) is 33.2 Å². The van der Waals surface area contributed by atoms with Gasteiger partial charge in [0.25, 0.3) is 0 Å². The highest BCUT2D eigenvalue weighted by atomic mass is 32.2. The fourth-order valence-electron chi connectivity index (χ4n) is 3.86. The summed E-state index contributed by atoms with van der Waals surface area (Å²) in [6.45, 7) is 3.02. The lowest BCUT2D eigenvalue weighted by Crippen LogP contribution is -2.32. The van der Waals surface area contributed by atoms with Crippen LogP contribution in [0.3, 0.4) is 0 Å². The lowest BCUT2D eigenvalue weighted by atomic mass is 10.2. The number of benzene rings is 1. The van der Waals surface area contributed by atoms with Crippen molar-refractivity contribution in [3.05, 3.63) is 54.0 Å². The highest BCUT2D eigenvalue weighted by Crippen LogP contribution is 2.38. The van der Waals surface area contributed by atoms with Crippen molar-refractivity contribution in [2.45, 2.75) is 25.2 Å². The number of aliphatic hydroxyl groups is 1. The van der Waals surface area contributed by atoms with Crippen molar-refractivity contribution >= 4 is 16.0 Å². The largest absolute Gasteiger partial charge is 0.494 e. The third kappa shape index (κ3) is 5.46. The number of ether oxygens (including phenoxy) is 4. The number of nitrogens with one attached hydrogen (secondary N) is 1. The molecule has 14 nitrogen and oxygen atoms in total. The summed E-state index contributed by atoms with van der Waals surface area (Å²) in [5.74, 6) is 0.976. The van der Waals surface area contributed by atoms with Crippen LogP contribution >= 0.6 is 0 Å². The van der Waals surface area contributed by atoms with Gasteiger partial charge in [-0.1, -0.05) is 12.1 Å². The predicted octanol–water partition coefficient (Wildman–Crippen LogP) is 2.33. The van der Waals surface area contributed by atoms with Crippen molar-refractivity contribution in [3.63, 3.8) is 0 Å². The molecule has 0 amide bonds. The number of aromatic nitrogens is 6. The van der Waals surface area contributed by atoms with E-state index in [1.54, 1.807) is 43.3 Å². The van der Waals surface area contributed by atoms with Gasteiger partial charge in [0.1, 0.15) is 39.9 Å². The average Bonchev–Trinajstić information content (AvgIpc) is 3.37. The van der Waals surface area contributed by atoms with Crippen molar-refractivity contribution in [2.24, 2.45) is 0 Å². The number of rotatable bonds is 11. The lowest BCUT2D eigenvalue weighted by Gasteiger charge is -2.22. The van der Waals surface area contributed by atoms with Gasteiger partial charge < -0.3 is 24.1 Å². The van der Waals surface area contributed by atoms with Gasteiger partial charge in [-0.05, 0) is 32.0 Å². The Morgan fingerprint density at radius 1 is 0.925 bits per heavy atom. The van der Waals surface area contributed by atoms with Gasteiger partial charge in [-0.2, -0.15) is 0 Å². The van der Waals surface area contributed by atoms with Crippen LogP contribution in [0.25, 0.3) is 17.2 Å². The minimum atomic E-state index is -4.32. The molecule has 3 aromatic heterocycles. The number of pyridine rings is 1. The van der Waals surface area contributed by atoms with E-state index < -0.39 is 21.4 Å². The van der Waals surface area contributed by atoms with Crippen molar-refractivity contribution < 1.29 is 32.5 Å². The van der Waals surface area contributed by atoms with Gasteiger partial charge in [0.05, 0.1) is 34.1 Å². The first-order valence-electron chi connectivity index (χ1n) is 11.9. The molecule has 0 radical (unpaired) electrons. The molecule has 0 aliphatic heterocycles. The summed E-state index contributed by atoms with van der Waals surface area (Å²) in [5.41, 5.74) is 1.16. The van der Waals surface area contributed by atoms with E-state index in [4.69, 9.17) is 18.9 Å². The molecule has 0 fully saturated rings. The van der Waals surface area contributed by atoms with Crippen LogP contribution in [0.1, 0.15) is 24.4 Å². The number of aliphatic hydroxyl groups excluding tert-OH is 1. The lowest BCUT2D eigenvalue weighted by molar-refractivity contribution is 0.165. The molecule has 0 spiro atoms. The van der Waals surface area contributed by atoms with Gasteiger partial charge in [0.2, 0.25) is 27.7 Å². The summed E-state index contributed by atoms with van der Waals surface area (Å²) in [7, 11) is 1.43. The normalized spacial score (nSPS) is 12.9. The van der Waals surface area contributed by atoms with Gasteiger partial charge in [-0.3, -0.25) is 14.3 Å². The Hall–Kier alpha value is -4.50. The third-order valence-corrected chi connectivity index (χ3v) is 7.68. The predicted molar refractivity (Wildman–Crippen MR) is 145 cm³/mol. The molecule has 0 aliphatic carbocycles. The van der Waals surface area contributed by atoms with Gasteiger partial charge in [0.15, 0.2) is 5.82 Å². The number of nitrogens with zero attached hydrogens (tertiary/aromatic N) is 6. The standard InChI is InChI=1S/C25H29N7O7S/c1-14-13-26-20(24(27-14)39-6)22(33)15(2)40(34,35)31-25-30-29-23(16-9-7-12-19(28-16)38-5)32(25)21-17(36-3)10-8-11-18(21)37-4/h7-13,15,22,33H,1-6H3,(H,30,31)/t15-,22+/m1/s1. The molecule has 2 atom stereocenters. The summed E-state index contributed by atoms with van der Waals surface area (Å²) in [4.78, 5) is 12.7. The Labute approximate surface area is 231 Å². The second kappa shape index (κ2) is 11.7. The maximum absolute atomic E-state index is 13.6.